The van der Waals surface area contributed by atoms with Gasteiger partial charge in [-0.25, -0.2) is 0 Å². The van der Waals surface area contributed by atoms with Crippen LogP contribution in [0.1, 0.15) is 12.5 Å². The van der Waals surface area contributed by atoms with Gasteiger partial charge in [-0.2, -0.15) is 0 Å². The van der Waals surface area contributed by atoms with Crippen molar-refractivity contribution in [1.82, 2.24) is 10.6 Å². The molecule has 0 bridgehead atoms. The summed E-state index contributed by atoms with van der Waals surface area (Å²) in [6.07, 6.45) is 3.98. The molecule has 1 aromatic carbocycles. The molecular weight excluding hydrogens is 280 g/mol. The Labute approximate surface area is 128 Å². The van der Waals surface area contributed by atoms with Crippen LogP contribution in [0.5, 0.6) is 0 Å². The first-order chi connectivity index (χ1) is 10.6. The molecule has 0 aromatic heterocycles. The van der Waals surface area contributed by atoms with Gasteiger partial charge in [-0.05, 0) is 11.5 Å². The van der Waals surface area contributed by atoms with Gasteiger partial charge >= 0.3 is 0 Å². The molecule has 5 heteroatoms. The van der Waals surface area contributed by atoms with Crippen LogP contribution in [0.15, 0.2) is 42.5 Å². The second-order valence-electron chi connectivity index (χ2n) is 5.90. The van der Waals surface area contributed by atoms with Gasteiger partial charge in [0.1, 0.15) is 0 Å². The Kier molecular flexibility index (Phi) is 3.79. The Balaban J connectivity index is 1.72. The van der Waals surface area contributed by atoms with Crippen LogP contribution < -0.4 is 10.6 Å². The molecule has 2 N–H and O–H groups in total. The van der Waals surface area contributed by atoms with Crippen molar-refractivity contribution in [2.45, 2.75) is 19.4 Å². The van der Waals surface area contributed by atoms with Gasteiger partial charge in [0.15, 0.2) is 0 Å². The number of carbonyl (C=O) groups excluding carboxylic acids is 3. The van der Waals surface area contributed by atoms with E-state index in [1.54, 1.807) is 0 Å². The van der Waals surface area contributed by atoms with E-state index in [9.17, 15) is 14.4 Å². The maximum absolute atomic E-state index is 12.2. The average Bonchev–Trinajstić information content (AvgIpc) is 2.79. The Morgan fingerprint density at radius 1 is 1.09 bits per heavy atom. The minimum atomic E-state index is -0.507. The molecule has 0 spiro atoms. The fourth-order valence-corrected chi connectivity index (χ4v) is 3.26. The summed E-state index contributed by atoms with van der Waals surface area (Å²) in [6.45, 7) is 1.91. The third-order valence-corrected chi connectivity index (χ3v) is 4.35. The van der Waals surface area contributed by atoms with E-state index in [1.807, 2.05) is 49.4 Å². The number of imide groups is 1. The minimum absolute atomic E-state index is 0.00118. The van der Waals surface area contributed by atoms with Gasteiger partial charge in [-0.1, -0.05) is 49.4 Å². The lowest BCUT2D eigenvalue weighted by Gasteiger charge is -2.30. The molecule has 0 saturated carbocycles. The second kappa shape index (κ2) is 5.75. The van der Waals surface area contributed by atoms with Crippen molar-refractivity contribution in [2.24, 2.45) is 17.8 Å². The minimum Gasteiger partial charge on any atom is -0.349 e. The van der Waals surface area contributed by atoms with E-state index >= 15 is 0 Å². The largest absolute Gasteiger partial charge is 0.349 e. The summed E-state index contributed by atoms with van der Waals surface area (Å²) in [4.78, 5) is 36.0. The summed E-state index contributed by atoms with van der Waals surface area (Å²) in [5, 5.41) is 5.24. The van der Waals surface area contributed by atoms with E-state index in [-0.39, 0.29) is 36.0 Å². The second-order valence-corrected chi connectivity index (χ2v) is 5.90. The Bertz CT molecular complexity index is 639. The molecule has 3 amide bonds. The highest BCUT2D eigenvalue weighted by Crippen LogP contribution is 2.34. The molecule has 22 heavy (non-hydrogen) atoms. The van der Waals surface area contributed by atoms with Gasteiger partial charge in [0.2, 0.25) is 17.7 Å². The quantitative estimate of drug-likeness (QED) is 0.640. The number of rotatable bonds is 3. The van der Waals surface area contributed by atoms with E-state index in [0.29, 0.717) is 0 Å². The average molecular weight is 298 g/mol. The standard InChI is InChI=1S/C17H18N2O3/c1-10-7-8-12(15-14(10)16(21)19-17(15)22)18-13(20)9-11-5-3-2-4-6-11/h2-8,10,12,14-15H,9H2,1H3,(H,18,20)(H,19,21,22)/t10?,12-,14+,15-/m0/s1. The molecule has 114 valence electrons. The number of nitrogens with one attached hydrogen (secondary N) is 2. The number of fused-ring (bicyclic) bond motifs is 1. The monoisotopic (exact) mass is 298 g/mol. The van der Waals surface area contributed by atoms with E-state index < -0.39 is 12.0 Å². The zero-order valence-electron chi connectivity index (χ0n) is 12.3. The van der Waals surface area contributed by atoms with Crippen LogP contribution in [0.25, 0.3) is 0 Å². The highest BCUT2D eigenvalue weighted by molar-refractivity contribution is 6.06. The summed E-state index contributed by atoms with van der Waals surface area (Å²) in [6, 6.07) is 8.99. The summed E-state index contributed by atoms with van der Waals surface area (Å²) in [5.74, 6) is -1.59. The van der Waals surface area contributed by atoms with Crippen molar-refractivity contribution in [1.29, 1.82) is 0 Å². The van der Waals surface area contributed by atoms with Crippen molar-refractivity contribution >= 4 is 17.7 Å². The summed E-state index contributed by atoms with van der Waals surface area (Å²) >= 11 is 0. The third kappa shape index (κ3) is 2.66. The SMILES string of the molecule is CC1C=C[C@H](NC(=O)Cc2ccccc2)[C@@H]2C(=O)NC(=O)[C@H]12. The summed E-state index contributed by atoms with van der Waals surface area (Å²) in [7, 11) is 0. The first-order valence-corrected chi connectivity index (χ1v) is 7.42. The number of amides is 3. The van der Waals surface area contributed by atoms with Crippen molar-refractivity contribution < 1.29 is 14.4 Å². The van der Waals surface area contributed by atoms with Crippen molar-refractivity contribution in [3.05, 3.63) is 48.0 Å². The van der Waals surface area contributed by atoms with Gasteiger partial charge in [0.25, 0.3) is 0 Å². The highest BCUT2D eigenvalue weighted by Gasteiger charge is 2.49. The Hall–Kier alpha value is -2.43. The topological polar surface area (TPSA) is 75.3 Å². The third-order valence-electron chi connectivity index (χ3n) is 4.35. The number of hydrogen-bond donors (Lipinski definition) is 2. The maximum Gasteiger partial charge on any atom is 0.232 e. The van der Waals surface area contributed by atoms with Gasteiger partial charge in [0.05, 0.1) is 24.3 Å². The van der Waals surface area contributed by atoms with Gasteiger partial charge in [-0.3, -0.25) is 19.7 Å². The molecular formula is C17H18N2O3. The van der Waals surface area contributed by atoms with Crippen molar-refractivity contribution in [2.75, 3.05) is 0 Å². The first kappa shape index (κ1) is 14.5. The molecule has 1 aromatic rings. The lowest BCUT2D eigenvalue weighted by molar-refractivity contribution is -0.126. The van der Waals surface area contributed by atoms with E-state index in [1.165, 1.54) is 0 Å². The smallest absolute Gasteiger partial charge is 0.232 e. The lowest BCUT2D eigenvalue weighted by Crippen LogP contribution is -2.47. The highest BCUT2D eigenvalue weighted by atomic mass is 16.2. The van der Waals surface area contributed by atoms with Crippen LogP contribution >= 0.6 is 0 Å². The molecule has 1 unspecified atom stereocenters. The molecule has 2 aliphatic rings. The molecule has 4 atom stereocenters. The zero-order chi connectivity index (χ0) is 15.7. The number of carbonyl (C=O) groups is 3. The van der Waals surface area contributed by atoms with E-state index in [2.05, 4.69) is 10.6 Å². The fourth-order valence-electron chi connectivity index (χ4n) is 3.26. The van der Waals surface area contributed by atoms with Crippen LogP contribution in [0.3, 0.4) is 0 Å². The maximum atomic E-state index is 12.2. The van der Waals surface area contributed by atoms with Gasteiger partial charge in [-0.15, -0.1) is 0 Å². The predicted octanol–water partition coefficient (Wildman–Crippen LogP) is 0.809. The molecule has 1 aliphatic heterocycles. The Morgan fingerprint density at radius 3 is 2.50 bits per heavy atom. The molecule has 1 saturated heterocycles. The van der Waals surface area contributed by atoms with E-state index in [0.717, 1.165) is 5.56 Å². The van der Waals surface area contributed by atoms with Gasteiger partial charge < -0.3 is 5.32 Å². The van der Waals surface area contributed by atoms with Gasteiger partial charge in [0, 0.05) is 0 Å². The normalized spacial score (nSPS) is 29.9. The fraction of sp³-hybridized carbons (Fsp3) is 0.353. The van der Waals surface area contributed by atoms with Crippen LogP contribution in [0.4, 0.5) is 0 Å². The van der Waals surface area contributed by atoms with E-state index in [4.69, 9.17) is 0 Å². The zero-order valence-corrected chi connectivity index (χ0v) is 12.3. The Morgan fingerprint density at radius 2 is 1.77 bits per heavy atom. The van der Waals surface area contributed by atoms with Crippen LogP contribution in [-0.2, 0) is 20.8 Å². The summed E-state index contributed by atoms with van der Waals surface area (Å²) < 4.78 is 0. The van der Waals surface area contributed by atoms with Crippen LogP contribution in [0, 0.1) is 17.8 Å². The van der Waals surface area contributed by atoms with Crippen molar-refractivity contribution in [3.63, 3.8) is 0 Å². The number of benzene rings is 1. The number of hydrogen-bond acceptors (Lipinski definition) is 3. The summed E-state index contributed by atoms with van der Waals surface area (Å²) in [5.41, 5.74) is 0.914. The molecule has 1 heterocycles. The molecule has 1 aliphatic carbocycles. The lowest BCUT2D eigenvalue weighted by atomic mass is 9.75. The van der Waals surface area contributed by atoms with Crippen LogP contribution in [0.2, 0.25) is 0 Å². The predicted molar refractivity (Wildman–Crippen MR) is 80.5 cm³/mol. The van der Waals surface area contributed by atoms with Crippen molar-refractivity contribution in [3.8, 4) is 0 Å². The molecule has 1 fully saturated rings. The molecule has 3 rings (SSSR count). The van der Waals surface area contributed by atoms with Crippen LogP contribution in [-0.4, -0.2) is 23.8 Å². The molecule has 5 nitrogen and oxygen atoms in total. The first-order valence-electron chi connectivity index (χ1n) is 7.42. The molecule has 0 radical (unpaired) electrons. The number of allylic oxidation sites excluding steroid dienone is 1.